The summed E-state index contributed by atoms with van der Waals surface area (Å²) < 4.78 is 12.7. The minimum Gasteiger partial charge on any atom is -0.303 e. The van der Waals surface area contributed by atoms with E-state index in [1.54, 1.807) is 0 Å². The Hall–Kier alpha value is -0.540. The lowest BCUT2D eigenvalue weighted by molar-refractivity contribution is 0.242. The van der Waals surface area contributed by atoms with Gasteiger partial charge in [0.15, 0.2) is 0 Å². The summed E-state index contributed by atoms with van der Waals surface area (Å²) in [5, 5.41) is 0. The maximum atomic E-state index is 12.7. The molecule has 1 aromatic carbocycles. The van der Waals surface area contributed by atoms with Crippen molar-refractivity contribution >= 4 is 11.8 Å². The Morgan fingerprint density at radius 3 is 2.44 bits per heavy atom. The van der Waals surface area contributed by atoms with E-state index in [0.29, 0.717) is 0 Å². The third kappa shape index (κ3) is 3.80. The quantitative estimate of drug-likeness (QED) is 0.741. The first-order chi connectivity index (χ1) is 7.84. The van der Waals surface area contributed by atoms with Crippen LogP contribution in [0.25, 0.3) is 0 Å². The molecule has 0 amide bonds. The molecule has 1 aliphatic rings. The second-order valence-electron chi connectivity index (χ2n) is 4.20. The van der Waals surface area contributed by atoms with E-state index in [4.69, 9.17) is 0 Å². The number of hydrogen-bond acceptors (Lipinski definition) is 2. The zero-order chi connectivity index (χ0) is 11.2. The Bertz CT molecular complexity index is 306. The van der Waals surface area contributed by atoms with Crippen LogP contribution in [0.3, 0.4) is 0 Å². The zero-order valence-corrected chi connectivity index (χ0v) is 10.3. The number of rotatable bonds is 4. The zero-order valence-electron chi connectivity index (χ0n) is 9.49. The average Bonchev–Trinajstić information content (AvgIpc) is 2.33. The standard InChI is InChI=1S/C13H18FNS/c14-12-4-6-13(7-5-12)16-11-10-15-8-2-1-3-9-15/h4-7H,1-3,8-11H2. The second-order valence-corrected chi connectivity index (χ2v) is 5.37. The summed E-state index contributed by atoms with van der Waals surface area (Å²) in [4.78, 5) is 3.69. The van der Waals surface area contributed by atoms with Gasteiger partial charge in [0.05, 0.1) is 0 Å². The van der Waals surface area contributed by atoms with Gasteiger partial charge in [-0.3, -0.25) is 0 Å². The van der Waals surface area contributed by atoms with Gasteiger partial charge in [0.1, 0.15) is 5.82 Å². The molecule has 1 nitrogen and oxygen atoms in total. The third-order valence-electron chi connectivity index (χ3n) is 2.94. The lowest BCUT2D eigenvalue weighted by Crippen LogP contribution is -2.31. The molecule has 1 aromatic rings. The van der Waals surface area contributed by atoms with E-state index in [1.807, 2.05) is 23.9 Å². The number of likely N-dealkylation sites (tertiary alicyclic amines) is 1. The lowest BCUT2D eigenvalue weighted by atomic mass is 10.1. The molecule has 1 fully saturated rings. The second kappa shape index (κ2) is 6.26. The highest BCUT2D eigenvalue weighted by atomic mass is 32.2. The number of thioether (sulfide) groups is 1. The van der Waals surface area contributed by atoms with E-state index in [9.17, 15) is 4.39 Å². The molecular formula is C13H18FNS. The summed E-state index contributed by atoms with van der Waals surface area (Å²) in [7, 11) is 0. The van der Waals surface area contributed by atoms with Gasteiger partial charge in [-0.1, -0.05) is 6.42 Å². The maximum Gasteiger partial charge on any atom is 0.123 e. The van der Waals surface area contributed by atoms with E-state index >= 15 is 0 Å². The summed E-state index contributed by atoms with van der Waals surface area (Å²) in [6.07, 6.45) is 4.09. The van der Waals surface area contributed by atoms with Crippen molar-refractivity contribution in [2.24, 2.45) is 0 Å². The molecule has 1 aliphatic heterocycles. The number of halogens is 1. The first kappa shape index (κ1) is 11.9. The van der Waals surface area contributed by atoms with E-state index < -0.39 is 0 Å². The molecule has 88 valence electrons. The van der Waals surface area contributed by atoms with Crippen molar-refractivity contribution in [3.05, 3.63) is 30.1 Å². The molecule has 16 heavy (non-hydrogen) atoms. The molecule has 1 saturated heterocycles. The van der Waals surface area contributed by atoms with E-state index in [-0.39, 0.29) is 5.82 Å². The Balaban J connectivity index is 1.69. The summed E-state index contributed by atoms with van der Waals surface area (Å²) in [5.41, 5.74) is 0. The molecule has 0 spiro atoms. The van der Waals surface area contributed by atoms with Crippen LogP contribution in [0.5, 0.6) is 0 Å². The largest absolute Gasteiger partial charge is 0.303 e. The maximum absolute atomic E-state index is 12.7. The third-order valence-corrected chi connectivity index (χ3v) is 3.93. The molecule has 0 aromatic heterocycles. The van der Waals surface area contributed by atoms with Crippen LogP contribution in [0.1, 0.15) is 19.3 Å². The fourth-order valence-electron chi connectivity index (χ4n) is 2.01. The highest BCUT2D eigenvalue weighted by Crippen LogP contribution is 2.18. The minimum atomic E-state index is -0.152. The van der Waals surface area contributed by atoms with Crippen molar-refractivity contribution in [1.29, 1.82) is 0 Å². The number of piperidine rings is 1. The van der Waals surface area contributed by atoms with Gasteiger partial charge in [0.25, 0.3) is 0 Å². The van der Waals surface area contributed by atoms with Crippen LogP contribution in [0.4, 0.5) is 4.39 Å². The highest BCUT2D eigenvalue weighted by molar-refractivity contribution is 7.99. The van der Waals surface area contributed by atoms with E-state index in [2.05, 4.69) is 4.90 Å². The fraction of sp³-hybridized carbons (Fsp3) is 0.538. The molecule has 0 unspecified atom stereocenters. The first-order valence-electron chi connectivity index (χ1n) is 5.95. The van der Waals surface area contributed by atoms with Crippen molar-refractivity contribution in [3.8, 4) is 0 Å². The van der Waals surface area contributed by atoms with Crippen LogP contribution in [0.15, 0.2) is 29.2 Å². The Kier molecular flexibility index (Phi) is 4.67. The fourth-order valence-corrected chi connectivity index (χ4v) is 2.92. The normalized spacial score (nSPS) is 17.6. The smallest absolute Gasteiger partial charge is 0.123 e. The lowest BCUT2D eigenvalue weighted by Gasteiger charge is -2.26. The molecular weight excluding hydrogens is 221 g/mol. The van der Waals surface area contributed by atoms with Crippen LogP contribution < -0.4 is 0 Å². The van der Waals surface area contributed by atoms with Crippen LogP contribution >= 0.6 is 11.8 Å². The van der Waals surface area contributed by atoms with Crippen molar-refractivity contribution in [1.82, 2.24) is 4.90 Å². The van der Waals surface area contributed by atoms with Crippen LogP contribution in [0, 0.1) is 5.82 Å². The summed E-state index contributed by atoms with van der Waals surface area (Å²) in [6.45, 7) is 3.66. The van der Waals surface area contributed by atoms with Crippen molar-refractivity contribution in [2.75, 3.05) is 25.4 Å². The number of benzene rings is 1. The molecule has 3 heteroatoms. The van der Waals surface area contributed by atoms with Gasteiger partial charge >= 0.3 is 0 Å². The van der Waals surface area contributed by atoms with Gasteiger partial charge in [-0.2, -0.15) is 0 Å². The van der Waals surface area contributed by atoms with Gasteiger partial charge < -0.3 is 4.90 Å². The number of hydrogen-bond donors (Lipinski definition) is 0. The van der Waals surface area contributed by atoms with Gasteiger partial charge in [-0.15, -0.1) is 11.8 Å². The predicted octanol–water partition coefficient (Wildman–Crippen LogP) is 3.40. The monoisotopic (exact) mass is 239 g/mol. The van der Waals surface area contributed by atoms with Crippen LogP contribution in [0.2, 0.25) is 0 Å². The van der Waals surface area contributed by atoms with E-state index in [0.717, 1.165) is 12.3 Å². The topological polar surface area (TPSA) is 3.24 Å². The SMILES string of the molecule is Fc1ccc(SCCN2CCCCC2)cc1. The predicted molar refractivity (Wildman–Crippen MR) is 67.4 cm³/mol. The average molecular weight is 239 g/mol. The van der Waals surface area contributed by atoms with Gasteiger partial charge in [-0.25, -0.2) is 4.39 Å². The van der Waals surface area contributed by atoms with Crippen molar-refractivity contribution in [2.45, 2.75) is 24.2 Å². The molecule has 1 heterocycles. The van der Waals surface area contributed by atoms with Gasteiger partial charge in [-0.05, 0) is 50.2 Å². The Morgan fingerprint density at radius 2 is 1.75 bits per heavy atom. The Morgan fingerprint density at radius 1 is 1.06 bits per heavy atom. The molecule has 0 N–H and O–H groups in total. The van der Waals surface area contributed by atoms with Crippen molar-refractivity contribution < 1.29 is 4.39 Å². The summed E-state index contributed by atoms with van der Waals surface area (Å²) >= 11 is 1.81. The first-order valence-corrected chi connectivity index (χ1v) is 6.94. The number of nitrogens with zero attached hydrogens (tertiary/aromatic N) is 1. The molecule has 0 bridgehead atoms. The minimum absolute atomic E-state index is 0.152. The summed E-state index contributed by atoms with van der Waals surface area (Å²) in [5.74, 6) is 0.950. The van der Waals surface area contributed by atoms with Gasteiger partial charge in [0.2, 0.25) is 0 Å². The van der Waals surface area contributed by atoms with Crippen LogP contribution in [-0.4, -0.2) is 30.3 Å². The van der Waals surface area contributed by atoms with Gasteiger partial charge in [0, 0.05) is 17.2 Å². The molecule has 2 rings (SSSR count). The van der Waals surface area contributed by atoms with E-state index in [1.165, 1.54) is 49.4 Å². The summed E-state index contributed by atoms with van der Waals surface area (Å²) in [6, 6.07) is 6.78. The molecule has 0 radical (unpaired) electrons. The Labute approximate surface area is 101 Å². The molecule has 0 saturated carbocycles. The molecule has 0 aliphatic carbocycles. The van der Waals surface area contributed by atoms with Crippen LogP contribution in [-0.2, 0) is 0 Å². The highest BCUT2D eigenvalue weighted by Gasteiger charge is 2.09. The van der Waals surface area contributed by atoms with Crippen molar-refractivity contribution in [3.63, 3.8) is 0 Å². The molecule has 0 atom stereocenters.